The Hall–Kier alpha value is -8.48. The van der Waals surface area contributed by atoms with E-state index in [1.807, 2.05) is 0 Å². The topological polar surface area (TPSA) is 269 Å². The predicted octanol–water partition coefficient (Wildman–Crippen LogP) is 3.10. The molecule has 0 saturated carbocycles. The highest BCUT2D eigenvalue weighted by atomic mass is 16.6. The van der Waals surface area contributed by atoms with Crippen molar-refractivity contribution in [3.05, 3.63) is 140 Å². The molecule has 0 amide bonds. The number of carbonyl (C=O) groups is 12. The minimum Gasteiger partial charge on any atom is -0.461 e. The van der Waals surface area contributed by atoms with Gasteiger partial charge in [0.1, 0.15) is 31.8 Å². The predicted molar refractivity (Wildman–Crippen MR) is 192 cm³/mol. The van der Waals surface area contributed by atoms with Crippen LogP contribution in [0.4, 0.5) is 0 Å². The summed E-state index contributed by atoms with van der Waals surface area (Å²) >= 11 is 0. The molecule has 0 saturated heterocycles. The quantitative estimate of drug-likeness (QED) is 0.113. The Balaban J connectivity index is 1.11. The molecule has 8 rings (SSSR count). The summed E-state index contributed by atoms with van der Waals surface area (Å²) in [5, 5.41) is 0. The van der Waals surface area contributed by atoms with Gasteiger partial charge in [-0.25, -0.2) is 47.9 Å². The molecule has 3 aliphatic heterocycles. The number of Topliss-reactive ketones (excluding diaryl/α,β-unsaturated/α-hetero) is 2. The van der Waals surface area contributed by atoms with Crippen molar-refractivity contribution in [2.45, 2.75) is 6.42 Å². The van der Waals surface area contributed by atoms with Crippen LogP contribution in [0.2, 0.25) is 0 Å². The lowest BCUT2D eigenvalue weighted by molar-refractivity contribution is -0.0642. The minimum atomic E-state index is -2.03. The van der Waals surface area contributed by atoms with Gasteiger partial charge in [-0.05, 0) is 72.8 Å². The number of rotatable bonds is 12. The Labute approximate surface area is 339 Å². The maximum Gasteiger partial charge on any atom is 0.346 e. The van der Waals surface area contributed by atoms with Gasteiger partial charge in [0.05, 0.1) is 62.1 Å². The molecule has 1 aliphatic carbocycles. The van der Waals surface area contributed by atoms with Crippen LogP contribution in [0, 0.1) is 5.41 Å². The summed E-state index contributed by atoms with van der Waals surface area (Å²) in [5.74, 6) is -11.4. The highest BCUT2D eigenvalue weighted by molar-refractivity contribution is 6.25. The van der Waals surface area contributed by atoms with E-state index in [0.717, 1.165) is 60.7 Å². The van der Waals surface area contributed by atoms with Crippen LogP contribution in [0.25, 0.3) is 0 Å². The maximum atomic E-state index is 13.5. The zero-order chi connectivity index (χ0) is 43.3. The van der Waals surface area contributed by atoms with Crippen LogP contribution in [-0.2, 0) is 33.2 Å². The first-order chi connectivity index (χ1) is 29.1. The number of ketones is 2. The lowest BCUT2D eigenvalue weighted by Gasteiger charge is -2.31. The molecule has 19 heteroatoms. The molecule has 4 aromatic carbocycles. The molecule has 0 spiro atoms. The molecule has 19 nitrogen and oxygen atoms in total. The van der Waals surface area contributed by atoms with E-state index < -0.39 is 110 Å². The van der Waals surface area contributed by atoms with Gasteiger partial charge in [0.25, 0.3) is 0 Å². The molecular weight excluding hydrogens is 808 g/mol. The van der Waals surface area contributed by atoms with Crippen molar-refractivity contribution in [1.29, 1.82) is 0 Å². The van der Waals surface area contributed by atoms with Crippen LogP contribution >= 0.6 is 0 Å². The number of ether oxygens (including phenoxy) is 7. The molecule has 61 heavy (non-hydrogen) atoms. The fourth-order valence-electron chi connectivity index (χ4n) is 6.58. The van der Waals surface area contributed by atoms with E-state index in [1.54, 1.807) is 0 Å². The SMILES string of the molecule is O=C(OCC(COC(=O)c1ccc2c(c1)C(=O)OC2=O)(COC(=O)c1ccc2c(c1)C(=O)OC2=O)COC(=O)c1ccc2c(c1)C(=O)OC2=O)c1ccc2c(c1)C(=O)CC2=O. The van der Waals surface area contributed by atoms with Gasteiger partial charge in [-0.3, -0.25) is 9.59 Å². The molecule has 4 aromatic rings. The number of hydrogen-bond donors (Lipinski definition) is 0. The highest BCUT2D eigenvalue weighted by Crippen LogP contribution is 2.29. The lowest BCUT2D eigenvalue weighted by atomic mass is 9.91. The summed E-state index contributed by atoms with van der Waals surface area (Å²) in [6.07, 6.45) is -0.399. The van der Waals surface area contributed by atoms with E-state index in [1.165, 1.54) is 12.1 Å². The highest BCUT2D eigenvalue weighted by Gasteiger charge is 2.40. The van der Waals surface area contributed by atoms with E-state index in [9.17, 15) is 57.5 Å². The Bertz CT molecular complexity index is 2410. The van der Waals surface area contributed by atoms with Gasteiger partial charge < -0.3 is 33.2 Å². The van der Waals surface area contributed by atoms with Crippen molar-refractivity contribution in [1.82, 2.24) is 0 Å². The van der Waals surface area contributed by atoms with Gasteiger partial charge >= 0.3 is 59.7 Å². The van der Waals surface area contributed by atoms with Crippen LogP contribution in [0.5, 0.6) is 0 Å². The average molecular weight is 831 g/mol. The second kappa shape index (κ2) is 15.0. The molecule has 304 valence electrons. The summed E-state index contributed by atoms with van der Waals surface area (Å²) in [6.45, 7) is -3.52. The monoisotopic (exact) mass is 830 g/mol. The van der Waals surface area contributed by atoms with Gasteiger partial charge in [0, 0.05) is 11.1 Å². The normalized spacial score (nSPS) is 14.7. The van der Waals surface area contributed by atoms with Crippen molar-refractivity contribution < 1.29 is 90.7 Å². The first-order valence-corrected chi connectivity index (χ1v) is 17.7. The van der Waals surface area contributed by atoms with Crippen LogP contribution in [0.3, 0.4) is 0 Å². The van der Waals surface area contributed by atoms with Gasteiger partial charge in [-0.2, -0.15) is 0 Å². The van der Waals surface area contributed by atoms with Crippen molar-refractivity contribution >= 4 is 71.3 Å². The van der Waals surface area contributed by atoms with Crippen molar-refractivity contribution in [3.8, 4) is 0 Å². The molecule has 0 unspecified atom stereocenters. The molecule has 4 aliphatic rings. The van der Waals surface area contributed by atoms with Crippen LogP contribution in [0.1, 0.15) is 131 Å². The molecular formula is C42H22O19. The summed E-state index contributed by atoms with van der Waals surface area (Å²) in [6, 6.07) is 13.6. The number of hydrogen-bond acceptors (Lipinski definition) is 19. The Morgan fingerprint density at radius 1 is 0.377 bits per heavy atom. The maximum absolute atomic E-state index is 13.5. The van der Waals surface area contributed by atoms with Gasteiger partial charge in [-0.15, -0.1) is 0 Å². The molecule has 0 N–H and O–H groups in total. The lowest BCUT2D eigenvalue weighted by Crippen LogP contribution is -2.44. The van der Waals surface area contributed by atoms with Crippen LogP contribution < -0.4 is 0 Å². The van der Waals surface area contributed by atoms with Gasteiger partial charge in [0.2, 0.25) is 0 Å². The zero-order valence-corrected chi connectivity index (χ0v) is 30.7. The molecule has 3 heterocycles. The summed E-state index contributed by atoms with van der Waals surface area (Å²) in [4.78, 5) is 151. The van der Waals surface area contributed by atoms with E-state index in [-0.39, 0.29) is 66.8 Å². The fourth-order valence-corrected chi connectivity index (χ4v) is 6.58. The molecule has 0 radical (unpaired) electrons. The standard InChI is InChI=1S/C42H22O19/c43-30-13-31(44)26-9-18(1-5-22(26)30)32(45)55-14-42(15-56-33(46)19-2-6-23-27(10-19)39(52)59-36(23)49,16-57-34(47)20-3-7-24-28(11-20)40(53)60-37(24)50)17-58-35(48)21-4-8-25-29(12-21)41(54)61-38(25)51/h1-12H,13-17H2. The van der Waals surface area contributed by atoms with E-state index in [4.69, 9.17) is 18.9 Å². The first-order valence-electron chi connectivity index (χ1n) is 17.7. The number of cyclic esters (lactones) is 6. The van der Waals surface area contributed by atoms with Crippen molar-refractivity contribution in [2.75, 3.05) is 26.4 Å². The van der Waals surface area contributed by atoms with Gasteiger partial charge in [-0.1, -0.05) is 0 Å². The zero-order valence-electron chi connectivity index (χ0n) is 30.7. The Kier molecular flexibility index (Phi) is 9.70. The molecule has 0 aromatic heterocycles. The third kappa shape index (κ3) is 7.30. The largest absolute Gasteiger partial charge is 0.461 e. The number of esters is 10. The summed E-state index contributed by atoms with van der Waals surface area (Å²) < 4.78 is 36.0. The van der Waals surface area contributed by atoms with Crippen LogP contribution in [-0.4, -0.2) is 97.7 Å². The number of fused-ring (bicyclic) bond motifs is 4. The first kappa shape index (κ1) is 39.4. The minimum absolute atomic E-state index is 0.0257. The summed E-state index contributed by atoms with van der Waals surface area (Å²) in [7, 11) is 0. The van der Waals surface area contributed by atoms with Crippen molar-refractivity contribution in [3.63, 3.8) is 0 Å². The second-order valence-corrected chi connectivity index (χ2v) is 13.9. The van der Waals surface area contributed by atoms with E-state index in [0.29, 0.717) is 0 Å². The number of benzene rings is 4. The Morgan fingerprint density at radius 3 is 0.967 bits per heavy atom. The smallest absolute Gasteiger partial charge is 0.346 e. The third-order valence-corrected chi connectivity index (χ3v) is 9.86. The Morgan fingerprint density at radius 2 is 0.639 bits per heavy atom. The summed E-state index contributed by atoms with van der Waals surface area (Å²) in [5.41, 5.74) is -4.01. The average Bonchev–Trinajstić information content (AvgIpc) is 3.92. The third-order valence-electron chi connectivity index (χ3n) is 9.86. The molecule has 0 atom stereocenters. The van der Waals surface area contributed by atoms with E-state index in [2.05, 4.69) is 14.2 Å². The van der Waals surface area contributed by atoms with Gasteiger partial charge in [0.15, 0.2) is 11.6 Å². The molecule has 0 bridgehead atoms. The molecule has 0 fully saturated rings. The number of carbonyl (C=O) groups excluding carboxylic acids is 12. The van der Waals surface area contributed by atoms with E-state index >= 15 is 0 Å². The van der Waals surface area contributed by atoms with Crippen LogP contribution in [0.15, 0.2) is 72.8 Å². The fraction of sp³-hybridized carbons (Fsp3) is 0.143. The van der Waals surface area contributed by atoms with Crippen molar-refractivity contribution in [2.24, 2.45) is 5.41 Å². The second-order valence-electron chi connectivity index (χ2n) is 13.9.